The molecule has 0 aliphatic heterocycles. The number of carbonyl (C=O) groups excluding carboxylic acids is 3. The van der Waals surface area contributed by atoms with Gasteiger partial charge in [-0.15, -0.1) is 0 Å². The van der Waals surface area contributed by atoms with Crippen LogP contribution in [0.1, 0.15) is 52.5 Å². The molecular formula is C25H38N4O8. The Hall–Kier alpha value is -3.67. The van der Waals surface area contributed by atoms with E-state index in [2.05, 4.69) is 16.0 Å². The summed E-state index contributed by atoms with van der Waals surface area (Å²) in [6.07, 6.45) is -0.108. The minimum atomic E-state index is -1.60. The molecule has 1 aromatic carbocycles. The van der Waals surface area contributed by atoms with Crippen molar-refractivity contribution in [2.75, 3.05) is 0 Å². The average molecular weight is 523 g/mol. The van der Waals surface area contributed by atoms with E-state index >= 15 is 0 Å². The topological polar surface area (TPSA) is 208 Å². The molecule has 0 heterocycles. The van der Waals surface area contributed by atoms with Gasteiger partial charge in [-0.05, 0) is 36.0 Å². The Morgan fingerprint density at radius 3 is 1.84 bits per heavy atom. The average Bonchev–Trinajstić information content (AvgIpc) is 2.82. The summed E-state index contributed by atoms with van der Waals surface area (Å²) >= 11 is 0. The maximum Gasteiger partial charge on any atom is 0.326 e. The largest absolute Gasteiger partial charge is 0.508 e. The summed E-state index contributed by atoms with van der Waals surface area (Å²) in [6.45, 7) is 7.32. The van der Waals surface area contributed by atoms with Crippen molar-refractivity contribution in [1.29, 1.82) is 0 Å². The third kappa shape index (κ3) is 10.9. The van der Waals surface area contributed by atoms with Crippen LogP contribution in [0.4, 0.5) is 0 Å². The number of carboxylic acid groups (broad SMARTS) is 2. The van der Waals surface area contributed by atoms with Crippen LogP contribution in [0.5, 0.6) is 5.75 Å². The number of carboxylic acids is 2. The Labute approximate surface area is 216 Å². The van der Waals surface area contributed by atoms with E-state index in [-0.39, 0.29) is 30.4 Å². The molecule has 5 atom stereocenters. The summed E-state index contributed by atoms with van der Waals surface area (Å²) in [6, 6.07) is 0.723. The van der Waals surface area contributed by atoms with Gasteiger partial charge in [0.2, 0.25) is 17.7 Å². The summed E-state index contributed by atoms with van der Waals surface area (Å²) in [5, 5.41) is 35.4. The van der Waals surface area contributed by atoms with Gasteiger partial charge in [0.1, 0.15) is 23.9 Å². The molecule has 12 nitrogen and oxygen atoms in total. The lowest BCUT2D eigenvalue weighted by molar-refractivity contribution is -0.143. The SMILES string of the molecule is CCC(C)C(N)C(=O)NC(CC(C)C)C(=O)NC(CC(=O)O)C(=O)NC(Cc1ccc(O)cc1)C(=O)O. The van der Waals surface area contributed by atoms with Gasteiger partial charge in [-0.1, -0.05) is 46.2 Å². The fourth-order valence-corrected chi connectivity index (χ4v) is 3.48. The normalized spacial score (nSPS) is 15.1. The van der Waals surface area contributed by atoms with E-state index in [4.69, 9.17) is 5.73 Å². The molecule has 5 unspecified atom stereocenters. The number of nitrogens with one attached hydrogen (secondary N) is 3. The molecule has 0 fully saturated rings. The van der Waals surface area contributed by atoms with Gasteiger partial charge in [-0.25, -0.2) is 4.79 Å². The van der Waals surface area contributed by atoms with Crippen LogP contribution in [-0.4, -0.2) is 69.1 Å². The van der Waals surface area contributed by atoms with Crippen molar-refractivity contribution in [2.24, 2.45) is 17.6 Å². The van der Waals surface area contributed by atoms with Crippen molar-refractivity contribution in [3.8, 4) is 5.75 Å². The van der Waals surface area contributed by atoms with Crippen LogP contribution in [-0.2, 0) is 30.4 Å². The fraction of sp³-hybridized carbons (Fsp3) is 0.560. The summed E-state index contributed by atoms with van der Waals surface area (Å²) < 4.78 is 0. The predicted octanol–water partition coefficient (Wildman–Crippen LogP) is 0.368. The Kier molecular flexibility index (Phi) is 12.5. The lowest BCUT2D eigenvalue weighted by Gasteiger charge is -2.26. The molecule has 1 rings (SSSR count). The van der Waals surface area contributed by atoms with Crippen molar-refractivity contribution >= 4 is 29.7 Å². The zero-order valence-corrected chi connectivity index (χ0v) is 21.6. The number of hydrogen-bond donors (Lipinski definition) is 7. The fourth-order valence-electron chi connectivity index (χ4n) is 3.48. The van der Waals surface area contributed by atoms with Crippen molar-refractivity contribution in [3.63, 3.8) is 0 Å². The van der Waals surface area contributed by atoms with Crippen molar-refractivity contribution in [2.45, 2.75) is 77.5 Å². The molecule has 0 spiro atoms. The van der Waals surface area contributed by atoms with Crippen LogP contribution in [0.3, 0.4) is 0 Å². The van der Waals surface area contributed by atoms with Gasteiger partial charge in [0, 0.05) is 6.42 Å². The molecule has 0 saturated heterocycles. The highest BCUT2D eigenvalue weighted by molar-refractivity contribution is 5.95. The highest BCUT2D eigenvalue weighted by atomic mass is 16.4. The smallest absolute Gasteiger partial charge is 0.326 e. The Morgan fingerprint density at radius 2 is 1.35 bits per heavy atom. The molecular weight excluding hydrogens is 484 g/mol. The second kappa shape index (κ2) is 14.8. The van der Waals surface area contributed by atoms with Crippen molar-refractivity contribution in [1.82, 2.24) is 16.0 Å². The van der Waals surface area contributed by atoms with E-state index in [1.807, 2.05) is 20.8 Å². The number of hydrogen-bond acceptors (Lipinski definition) is 7. The summed E-state index contributed by atoms with van der Waals surface area (Å²) in [4.78, 5) is 61.6. The third-order valence-electron chi connectivity index (χ3n) is 5.90. The molecule has 0 radical (unpaired) electrons. The van der Waals surface area contributed by atoms with Gasteiger partial charge in [0.05, 0.1) is 12.5 Å². The number of nitrogens with two attached hydrogens (primary N) is 1. The number of phenolic OH excluding ortho intramolecular Hbond substituents is 1. The summed E-state index contributed by atoms with van der Waals surface area (Å²) in [7, 11) is 0. The van der Waals surface area contributed by atoms with Gasteiger partial charge < -0.3 is 37.0 Å². The molecule has 0 aliphatic carbocycles. The first-order valence-corrected chi connectivity index (χ1v) is 12.1. The first-order chi connectivity index (χ1) is 17.2. The number of phenols is 1. The summed E-state index contributed by atoms with van der Waals surface area (Å²) in [5.74, 6) is -5.30. The van der Waals surface area contributed by atoms with E-state index in [0.717, 1.165) is 0 Å². The van der Waals surface area contributed by atoms with E-state index in [1.165, 1.54) is 24.3 Å². The zero-order valence-electron chi connectivity index (χ0n) is 21.6. The maximum atomic E-state index is 13.0. The highest BCUT2D eigenvalue weighted by Gasteiger charge is 2.32. The number of carbonyl (C=O) groups is 5. The molecule has 8 N–H and O–H groups in total. The second-order valence-corrected chi connectivity index (χ2v) is 9.53. The standard InChI is InChI=1S/C25H38N4O8/c1-5-14(4)21(26)24(35)28-17(10-13(2)3)22(33)27-18(12-20(31)32)23(34)29-19(25(36)37)11-15-6-8-16(30)9-7-15/h6-9,13-14,17-19,21,30H,5,10-12,26H2,1-4H3,(H,27,33)(H,28,35)(H,29,34)(H,31,32)(H,36,37). The number of amides is 3. The highest BCUT2D eigenvalue weighted by Crippen LogP contribution is 2.12. The minimum absolute atomic E-state index is 0.0166. The van der Waals surface area contributed by atoms with Gasteiger partial charge in [-0.3, -0.25) is 19.2 Å². The van der Waals surface area contributed by atoms with Crippen LogP contribution in [0, 0.1) is 11.8 Å². The summed E-state index contributed by atoms with van der Waals surface area (Å²) in [5.41, 5.74) is 6.47. The minimum Gasteiger partial charge on any atom is -0.508 e. The third-order valence-corrected chi connectivity index (χ3v) is 5.90. The molecule has 37 heavy (non-hydrogen) atoms. The molecule has 0 aromatic heterocycles. The van der Waals surface area contributed by atoms with Gasteiger partial charge in [0.25, 0.3) is 0 Å². The predicted molar refractivity (Wildman–Crippen MR) is 134 cm³/mol. The van der Waals surface area contributed by atoms with Crippen molar-refractivity contribution in [3.05, 3.63) is 29.8 Å². The Bertz CT molecular complexity index is 951. The van der Waals surface area contributed by atoms with E-state index in [0.29, 0.717) is 12.0 Å². The number of rotatable bonds is 15. The number of benzene rings is 1. The first-order valence-electron chi connectivity index (χ1n) is 12.1. The quantitative estimate of drug-likeness (QED) is 0.169. The van der Waals surface area contributed by atoms with Crippen LogP contribution in [0.2, 0.25) is 0 Å². The van der Waals surface area contributed by atoms with Gasteiger partial charge in [0.15, 0.2) is 0 Å². The molecule has 0 aliphatic rings. The van der Waals surface area contributed by atoms with E-state index < -0.39 is 60.2 Å². The van der Waals surface area contributed by atoms with Crippen LogP contribution < -0.4 is 21.7 Å². The first kappa shape index (κ1) is 31.4. The molecule has 206 valence electrons. The Morgan fingerprint density at radius 1 is 0.838 bits per heavy atom. The van der Waals surface area contributed by atoms with Gasteiger partial charge in [-0.2, -0.15) is 0 Å². The lowest BCUT2D eigenvalue weighted by atomic mass is 9.97. The lowest BCUT2D eigenvalue weighted by Crippen LogP contribution is -2.58. The molecule has 1 aromatic rings. The number of aromatic hydroxyl groups is 1. The van der Waals surface area contributed by atoms with Crippen LogP contribution >= 0.6 is 0 Å². The number of aliphatic carboxylic acids is 2. The van der Waals surface area contributed by atoms with Crippen LogP contribution in [0.15, 0.2) is 24.3 Å². The molecule has 3 amide bonds. The van der Waals surface area contributed by atoms with E-state index in [9.17, 15) is 39.3 Å². The molecule has 0 bridgehead atoms. The van der Waals surface area contributed by atoms with E-state index in [1.54, 1.807) is 6.92 Å². The second-order valence-electron chi connectivity index (χ2n) is 9.53. The maximum absolute atomic E-state index is 13.0. The zero-order chi connectivity index (χ0) is 28.3. The monoisotopic (exact) mass is 522 g/mol. The van der Waals surface area contributed by atoms with Gasteiger partial charge >= 0.3 is 11.9 Å². The van der Waals surface area contributed by atoms with Crippen molar-refractivity contribution < 1.29 is 39.3 Å². The van der Waals surface area contributed by atoms with Crippen LogP contribution in [0.25, 0.3) is 0 Å². The molecule has 12 heteroatoms. The Balaban J connectivity index is 3.04. The molecule has 0 saturated carbocycles.